The molecule has 4 heteroatoms. The lowest BCUT2D eigenvalue weighted by Gasteiger charge is -2.30. The van der Waals surface area contributed by atoms with Gasteiger partial charge in [-0.2, -0.15) is 0 Å². The summed E-state index contributed by atoms with van der Waals surface area (Å²) in [6, 6.07) is 15.7. The Hall–Kier alpha value is -2.36. The molecule has 0 radical (unpaired) electrons. The second-order valence-corrected chi connectivity index (χ2v) is 5.65. The van der Waals surface area contributed by atoms with E-state index in [0.717, 1.165) is 11.3 Å². The van der Waals surface area contributed by atoms with E-state index in [-0.39, 0.29) is 18.1 Å². The number of nitrogens with zero attached hydrogens (tertiary/aromatic N) is 2. The normalized spacial score (nSPS) is 12.0. The highest BCUT2D eigenvalue weighted by molar-refractivity contribution is 5.75. The number of carbonyl (C=O) groups excluding carboxylic acids is 1. The molecule has 2 aromatic rings. The van der Waals surface area contributed by atoms with E-state index in [1.807, 2.05) is 74.2 Å². The van der Waals surface area contributed by atoms with Crippen LogP contribution in [0.4, 0.5) is 4.79 Å². The van der Waals surface area contributed by atoms with Crippen molar-refractivity contribution in [3.63, 3.8) is 0 Å². The van der Waals surface area contributed by atoms with Gasteiger partial charge in [-0.05, 0) is 38.5 Å². The largest absolute Gasteiger partial charge is 0.336 e. The van der Waals surface area contributed by atoms with Gasteiger partial charge < -0.3 is 10.2 Å². The summed E-state index contributed by atoms with van der Waals surface area (Å²) in [7, 11) is 0. The summed E-state index contributed by atoms with van der Waals surface area (Å²) < 4.78 is 0. The predicted octanol–water partition coefficient (Wildman–Crippen LogP) is 3.76. The fourth-order valence-corrected chi connectivity index (χ4v) is 2.28. The van der Waals surface area contributed by atoms with Crippen LogP contribution in [0.25, 0.3) is 0 Å². The van der Waals surface area contributed by atoms with Crippen molar-refractivity contribution in [1.82, 2.24) is 15.2 Å². The van der Waals surface area contributed by atoms with Gasteiger partial charge in [0.15, 0.2) is 0 Å². The van der Waals surface area contributed by atoms with Crippen LogP contribution in [0, 0.1) is 0 Å². The zero-order chi connectivity index (χ0) is 15.9. The summed E-state index contributed by atoms with van der Waals surface area (Å²) in [5, 5.41) is 2.97. The highest BCUT2D eigenvalue weighted by Gasteiger charge is 2.22. The zero-order valence-corrected chi connectivity index (χ0v) is 13.4. The lowest BCUT2D eigenvalue weighted by Crippen LogP contribution is -2.43. The van der Waals surface area contributed by atoms with Gasteiger partial charge in [0.25, 0.3) is 0 Å². The number of amides is 2. The summed E-state index contributed by atoms with van der Waals surface area (Å²) in [4.78, 5) is 18.8. The summed E-state index contributed by atoms with van der Waals surface area (Å²) in [6.07, 6.45) is 1.76. The zero-order valence-electron chi connectivity index (χ0n) is 13.4. The fourth-order valence-electron chi connectivity index (χ4n) is 2.28. The van der Waals surface area contributed by atoms with E-state index < -0.39 is 0 Å². The van der Waals surface area contributed by atoms with Gasteiger partial charge in [0.1, 0.15) is 0 Å². The Balaban J connectivity index is 2.22. The van der Waals surface area contributed by atoms with Gasteiger partial charge in [-0.1, -0.05) is 36.4 Å². The fraction of sp³-hybridized carbons (Fsp3) is 0.333. The average molecular weight is 297 g/mol. The van der Waals surface area contributed by atoms with Gasteiger partial charge in [-0.15, -0.1) is 0 Å². The van der Waals surface area contributed by atoms with Gasteiger partial charge in [0.2, 0.25) is 0 Å². The molecule has 0 saturated carbocycles. The Labute approximate surface area is 132 Å². The molecule has 0 unspecified atom stereocenters. The van der Waals surface area contributed by atoms with Crippen molar-refractivity contribution in [2.24, 2.45) is 0 Å². The number of urea groups is 1. The minimum absolute atomic E-state index is 0.0722. The molecule has 2 rings (SSSR count). The number of aromatic nitrogens is 1. The second-order valence-electron chi connectivity index (χ2n) is 5.65. The molecule has 1 aromatic heterocycles. The summed E-state index contributed by atoms with van der Waals surface area (Å²) >= 11 is 0. The van der Waals surface area contributed by atoms with Crippen molar-refractivity contribution in [3.05, 3.63) is 66.0 Å². The molecule has 0 fully saturated rings. The number of nitrogens with one attached hydrogen (secondary N) is 1. The molecule has 0 aliphatic rings. The van der Waals surface area contributed by atoms with Gasteiger partial charge >= 0.3 is 6.03 Å². The molecule has 1 N–H and O–H groups in total. The first kappa shape index (κ1) is 16.0. The second kappa shape index (κ2) is 7.59. The number of hydrogen-bond acceptors (Lipinski definition) is 2. The maximum absolute atomic E-state index is 12.6. The molecule has 1 aromatic carbocycles. The van der Waals surface area contributed by atoms with E-state index in [1.165, 1.54) is 0 Å². The minimum Gasteiger partial charge on any atom is -0.336 e. The first-order valence-electron chi connectivity index (χ1n) is 7.60. The molecule has 116 valence electrons. The highest BCUT2D eigenvalue weighted by Crippen LogP contribution is 2.20. The third-order valence-electron chi connectivity index (χ3n) is 3.45. The Morgan fingerprint density at radius 1 is 1.09 bits per heavy atom. The molecular formula is C18H23N3O. The van der Waals surface area contributed by atoms with Crippen LogP contribution < -0.4 is 5.32 Å². The summed E-state index contributed by atoms with van der Waals surface area (Å²) in [5.74, 6) is 0. The Kier molecular flexibility index (Phi) is 5.53. The molecule has 0 bridgehead atoms. The van der Waals surface area contributed by atoms with Crippen molar-refractivity contribution >= 4 is 6.03 Å². The third-order valence-corrected chi connectivity index (χ3v) is 3.45. The molecule has 4 nitrogen and oxygen atoms in total. The van der Waals surface area contributed by atoms with Crippen LogP contribution in [0.3, 0.4) is 0 Å². The smallest absolute Gasteiger partial charge is 0.318 e. The minimum atomic E-state index is -0.0971. The van der Waals surface area contributed by atoms with Gasteiger partial charge in [0.05, 0.1) is 11.7 Å². The monoisotopic (exact) mass is 297 g/mol. The number of rotatable bonds is 5. The molecule has 0 spiro atoms. The lowest BCUT2D eigenvalue weighted by molar-refractivity contribution is 0.171. The number of pyridine rings is 1. The van der Waals surface area contributed by atoms with Crippen LogP contribution in [-0.4, -0.2) is 22.0 Å². The van der Waals surface area contributed by atoms with Crippen LogP contribution in [-0.2, 0) is 6.54 Å². The standard InChI is InChI=1S/C18H23N3O/c1-14(2)20-18(22)21(13-16-9-5-4-6-10-16)15(3)17-11-7-8-12-19-17/h4-12,14-15H,13H2,1-3H3,(H,20,22)/t15-/m0/s1. The van der Waals surface area contributed by atoms with Gasteiger partial charge in [0, 0.05) is 18.8 Å². The Bertz CT molecular complexity index is 584. The molecular weight excluding hydrogens is 274 g/mol. The van der Waals surface area contributed by atoms with Crippen LogP contribution in [0.5, 0.6) is 0 Å². The quantitative estimate of drug-likeness (QED) is 0.913. The number of hydrogen-bond donors (Lipinski definition) is 1. The Morgan fingerprint density at radius 2 is 1.77 bits per heavy atom. The van der Waals surface area contributed by atoms with Crippen LogP contribution in [0.1, 0.15) is 38.1 Å². The molecule has 0 aliphatic heterocycles. The lowest BCUT2D eigenvalue weighted by atomic mass is 10.1. The first-order valence-corrected chi connectivity index (χ1v) is 7.60. The summed E-state index contributed by atoms with van der Waals surface area (Å²) in [5.41, 5.74) is 1.99. The van der Waals surface area contributed by atoms with E-state index in [2.05, 4.69) is 10.3 Å². The first-order chi connectivity index (χ1) is 10.6. The number of benzene rings is 1. The van der Waals surface area contributed by atoms with Gasteiger partial charge in [-0.25, -0.2) is 4.79 Å². The van der Waals surface area contributed by atoms with Gasteiger partial charge in [-0.3, -0.25) is 4.98 Å². The van der Waals surface area contributed by atoms with E-state index in [0.29, 0.717) is 6.54 Å². The van der Waals surface area contributed by atoms with Crippen molar-refractivity contribution in [1.29, 1.82) is 0 Å². The average Bonchev–Trinajstić information content (AvgIpc) is 2.53. The molecule has 0 aliphatic carbocycles. The van der Waals surface area contributed by atoms with Crippen molar-refractivity contribution in [3.8, 4) is 0 Å². The molecule has 1 heterocycles. The molecule has 22 heavy (non-hydrogen) atoms. The summed E-state index contributed by atoms with van der Waals surface area (Å²) in [6.45, 7) is 6.48. The van der Waals surface area contributed by atoms with Crippen LogP contribution in [0.2, 0.25) is 0 Å². The topological polar surface area (TPSA) is 45.2 Å². The van der Waals surface area contributed by atoms with E-state index >= 15 is 0 Å². The Morgan fingerprint density at radius 3 is 2.36 bits per heavy atom. The highest BCUT2D eigenvalue weighted by atomic mass is 16.2. The van der Waals surface area contributed by atoms with Crippen LogP contribution in [0.15, 0.2) is 54.7 Å². The molecule has 0 saturated heterocycles. The third kappa shape index (κ3) is 4.32. The molecule has 1 atom stereocenters. The van der Waals surface area contributed by atoms with Crippen molar-refractivity contribution in [2.75, 3.05) is 0 Å². The van der Waals surface area contributed by atoms with Crippen molar-refractivity contribution < 1.29 is 4.79 Å². The van der Waals surface area contributed by atoms with Crippen LogP contribution >= 0.6 is 0 Å². The maximum atomic E-state index is 12.6. The van der Waals surface area contributed by atoms with E-state index in [9.17, 15) is 4.79 Å². The van der Waals surface area contributed by atoms with Crippen molar-refractivity contribution in [2.45, 2.75) is 39.4 Å². The SMILES string of the molecule is CC(C)NC(=O)N(Cc1ccccc1)[C@@H](C)c1ccccn1. The van der Waals surface area contributed by atoms with E-state index in [1.54, 1.807) is 6.20 Å². The molecule has 2 amide bonds. The predicted molar refractivity (Wildman–Crippen MR) is 88.3 cm³/mol. The maximum Gasteiger partial charge on any atom is 0.318 e. The number of carbonyl (C=O) groups is 1. The van der Waals surface area contributed by atoms with E-state index in [4.69, 9.17) is 0 Å².